The van der Waals surface area contributed by atoms with Crippen LogP contribution in [0, 0.1) is 0 Å². The first-order chi connectivity index (χ1) is 10.3. The lowest BCUT2D eigenvalue weighted by atomic mass is 10.1. The second-order valence-electron chi connectivity index (χ2n) is 4.76. The van der Waals surface area contributed by atoms with Gasteiger partial charge in [0.05, 0.1) is 17.2 Å². The molecule has 4 rings (SSSR count). The third-order valence-electron chi connectivity index (χ3n) is 3.35. The van der Waals surface area contributed by atoms with E-state index in [1.807, 2.05) is 60.9 Å². The van der Waals surface area contributed by atoms with Crippen molar-refractivity contribution in [2.45, 2.75) is 0 Å². The molecule has 2 aromatic carbocycles. The molecule has 0 aliphatic heterocycles. The van der Waals surface area contributed by atoms with Crippen molar-refractivity contribution in [3.63, 3.8) is 0 Å². The van der Waals surface area contributed by atoms with Crippen LogP contribution in [-0.4, -0.2) is 19.7 Å². The summed E-state index contributed by atoms with van der Waals surface area (Å²) in [6.45, 7) is 0. The van der Waals surface area contributed by atoms with Crippen molar-refractivity contribution in [1.29, 1.82) is 0 Å². The first kappa shape index (κ1) is 12.2. The van der Waals surface area contributed by atoms with Crippen LogP contribution in [0.5, 0.6) is 0 Å². The number of aromatic amines is 1. The van der Waals surface area contributed by atoms with Gasteiger partial charge in [-0.1, -0.05) is 35.9 Å². The quantitative estimate of drug-likeness (QED) is 0.606. The SMILES string of the molecule is Clc1ccc(-c2cnn(-c3nc4ccccc4[nH]3)c2)cc1. The monoisotopic (exact) mass is 294 g/mol. The van der Waals surface area contributed by atoms with Crippen LogP contribution in [0.1, 0.15) is 0 Å². The molecule has 21 heavy (non-hydrogen) atoms. The Kier molecular flexibility index (Phi) is 2.75. The third kappa shape index (κ3) is 2.19. The van der Waals surface area contributed by atoms with E-state index < -0.39 is 0 Å². The average molecular weight is 295 g/mol. The van der Waals surface area contributed by atoms with Crippen LogP contribution in [-0.2, 0) is 0 Å². The average Bonchev–Trinajstić information content (AvgIpc) is 3.14. The second kappa shape index (κ2) is 4.75. The summed E-state index contributed by atoms with van der Waals surface area (Å²) in [6, 6.07) is 15.6. The molecule has 0 bridgehead atoms. The van der Waals surface area contributed by atoms with Crippen LogP contribution in [0.25, 0.3) is 28.1 Å². The number of H-pyrrole nitrogens is 1. The minimum absolute atomic E-state index is 0.705. The lowest BCUT2D eigenvalue weighted by molar-refractivity contribution is 0.829. The van der Waals surface area contributed by atoms with Crippen LogP contribution in [0.15, 0.2) is 60.9 Å². The topological polar surface area (TPSA) is 46.5 Å². The van der Waals surface area contributed by atoms with Crippen LogP contribution < -0.4 is 0 Å². The standard InChI is InChI=1S/C16H11ClN4/c17-13-7-5-11(6-8-13)12-9-18-21(10-12)16-19-14-3-1-2-4-15(14)20-16/h1-10H,(H,19,20). The van der Waals surface area contributed by atoms with E-state index in [4.69, 9.17) is 11.6 Å². The van der Waals surface area contributed by atoms with Crippen LogP contribution in [0.3, 0.4) is 0 Å². The Balaban J connectivity index is 1.75. The number of nitrogens with zero attached hydrogens (tertiary/aromatic N) is 3. The Labute approximate surface area is 126 Å². The molecule has 2 heterocycles. The summed E-state index contributed by atoms with van der Waals surface area (Å²) >= 11 is 5.91. The Bertz CT molecular complexity index is 872. The van der Waals surface area contributed by atoms with Gasteiger partial charge >= 0.3 is 0 Å². The van der Waals surface area contributed by atoms with E-state index in [0.29, 0.717) is 5.95 Å². The van der Waals surface area contributed by atoms with E-state index in [-0.39, 0.29) is 0 Å². The molecule has 0 aliphatic carbocycles. The fourth-order valence-corrected chi connectivity index (χ4v) is 2.40. The highest BCUT2D eigenvalue weighted by Gasteiger charge is 2.07. The zero-order valence-corrected chi connectivity index (χ0v) is 11.7. The summed E-state index contributed by atoms with van der Waals surface area (Å²) in [5.41, 5.74) is 4.01. The number of halogens is 1. The first-order valence-electron chi connectivity index (χ1n) is 6.55. The van der Waals surface area contributed by atoms with E-state index >= 15 is 0 Å². The second-order valence-corrected chi connectivity index (χ2v) is 5.19. The Morgan fingerprint density at radius 1 is 0.952 bits per heavy atom. The molecule has 4 nitrogen and oxygen atoms in total. The van der Waals surface area contributed by atoms with E-state index in [2.05, 4.69) is 15.1 Å². The molecule has 0 spiro atoms. The summed E-state index contributed by atoms with van der Waals surface area (Å²) in [5.74, 6) is 0.705. The van der Waals surface area contributed by atoms with Gasteiger partial charge in [-0.15, -0.1) is 0 Å². The van der Waals surface area contributed by atoms with E-state index in [9.17, 15) is 0 Å². The first-order valence-corrected chi connectivity index (χ1v) is 6.93. The predicted octanol–water partition coefficient (Wildman–Crippen LogP) is 4.07. The number of aromatic nitrogens is 4. The van der Waals surface area contributed by atoms with Gasteiger partial charge in [-0.05, 0) is 29.8 Å². The van der Waals surface area contributed by atoms with Crippen molar-refractivity contribution >= 4 is 22.6 Å². The Morgan fingerprint density at radius 2 is 1.76 bits per heavy atom. The molecule has 0 atom stereocenters. The molecule has 0 aliphatic rings. The third-order valence-corrected chi connectivity index (χ3v) is 3.61. The fourth-order valence-electron chi connectivity index (χ4n) is 2.28. The van der Waals surface area contributed by atoms with Crippen molar-refractivity contribution in [3.8, 4) is 17.1 Å². The van der Waals surface area contributed by atoms with Crippen molar-refractivity contribution < 1.29 is 0 Å². The number of rotatable bonds is 2. The molecule has 0 fully saturated rings. The number of benzene rings is 2. The maximum absolute atomic E-state index is 5.91. The summed E-state index contributed by atoms with van der Waals surface area (Å²) in [6.07, 6.45) is 3.76. The molecule has 0 unspecified atom stereocenters. The van der Waals surface area contributed by atoms with Gasteiger partial charge in [0.2, 0.25) is 5.95 Å². The lowest BCUT2D eigenvalue weighted by Gasteiger charge is -1.96. The van der Waals surface area contributed by atoms with Crippen LogP contribution in [0.4, 0.5) is 0 Å². The number of hydrogen-bond acceptors (Lipinski definition) is 2. The summed E-state index contributed by atoms with van der Waals surface area (Å²) < 4.78 is 1.74. The van der Waals surface area contributed by atoms with Crippen molar-refractivity contribution in [2.24, 2.45) is 0 Å². The number of fused-ring (bicyclic) bond motifs is 1. The fraction of sp³-hybridized carbons (Fsp3) is 0. The smallest absolute Gasteiger partial charge is 0.229 e. The molecule has 0 saturated heterocycles. The zero-order chi connectivity index (χ0) is 14.2. The van der Waals surface area contributed by atoms with E-state index in [0.717, 1.165) is 27.2 Å². The minimum atomic E-state index is 0.705. The summed E-state index contributed by atoms with van der Waals surface area (Å²) in [5, 5.41) is 5.10. The molecule has 0 saturated carbocycles. The number of nitrogens with one attached hydrogen (secondary N) is 1. The van der Waals surface area contributed by atoms with Gasteiger partial charge in [-0.3, -0.25) is 0 Å². The van der Waals surface area contributed by atoms with Gasteiger partial charge in [0.15, 0.2) is 0 Å². The number of para-hydroxylation sites is 2. The number of hydrogen-bond donors (Lipinski definition) is 1. The molecular formula is C16H11ClN4. The maximum atomic E-state index is 5.91. The van der Waals surface area contributed by atoms with E-state index in [1.165, 1.54) is 0 Å². The van der Waals surface area contributed by atoms with Gasteiger partial charge < -0.3 is 4.98 Å². The largest absolute Gasteiger partial charge is 0.322 e. The Morgan fingerprint density at radius 3 is 2.57 bits per heavy atom. The lowest BCUT2D eigenvalue weighted by Crippen LogP contribution is -1.95. The normalized spacial score (nSPS) is 11.1. The van der Waals surface area contributed by atoms with Gasteiger partial charge in [0, 0.05) is 16.8 Å². The van der Waals surface area contributed by atoms with Gasteiger partial charge in [0.1, 0.15) is 0 Å². The minimum Gasteiger partial charge on any atom is -0.322 e. The highest BCUT2D eigenvalue weighted by molar-refractivity contribution is 6.30. The van der Waals surface area contributed by atoms with Gasteiger partial charge in [-0.25, -0.2) is 9.67 Å². The van der Waals surface area contributed by atoms with E-state index in [1.54, 1.807) is 4.68 Å². The van der Waals surface area contributed by atoms with Crippen molar-refractivity contribution in [1.82, 2.24) is 19.7 Å². The van der Waals surface area contributed by atoms with Crippen LogP contribution in [0.2, 0.25) is 5.02 Å². The molecule has 102 valence electrons. The molecule has 0 radical (unpaired) electrons. The highest BCUT2D eigenvalue weighted by atomic mass is 35.5. The molecular weight excluding hydrogens is 284 g/mol. The summed E-state index contributed by atoms with van der Waals surface area (Å²) in [7, 11) is 0. The highest BCUT2D eigenvalue weighted by Crippen LogP contribution is 2.22. The molecule has 2 aromatic heterocycles. The van der Waals surface area contributed by atoms with Crippen molar-refractivity contribution in [2.75, 3.05) is 0 Å². The molecule has 1 N–H and O–H groups in total. The molecule has 4 aromatic rings. The van der Waals surface area contributed by atoms with Gasteiger partial charge in [0.25, 0.3) is 0 Å². The maximum Gasteiger partial charge on any atom is 0.229 e. The predicted molar refractivity (Wildman–Crippen MR) is 83.7 cm³/mol. The molecule has 5 heteroatoms. The van der Waals surface area contributed by atoms with Gasteiger partial charge in [-0.2, -0.15) is 5.10 Å². The van der Waals surface area contributed by atoms with Crippen molar-refractivity contribution in [3.05, 3.63) is 65.9 Å². The Hall–Kier alpha value is -2.59. The number of imidazole rings is 1. The summed E-state index contributed by atoms with van der Waals surface area (Å²) in [4.78, 5) is 7.78. The molecule has 0 amide bonds. The van der Waals surface area contributed by atoms with Crippen LogP contribution >= 0.6 is 11.6 Å². The zero-order valence-electron chi connectivity index (χ0n) is 11.0.